The fourth-order valence-corrected chi connectivity index (χ4v) is 5.36. The number of carbonyl (C=O) groups is 1. The van der Waals surface area contributed by atoms with Crippen LogP contribution >= 0.6 is 0 Å². The van der Waals surface area contributed by atoms with Gasteiger partial charge in [0.2, 0.25) is 0 Å². The lowest BCUT2D eigenvalue weighted by atomic mass is 10.0. The third kappa shape index (κ3) is 4.24. The van der Waals surface area contributed by atoms with Crippen molar-refractivity contribution in [3.05, 3.63) is 89.6 Å². The molecule has 1 aromatic heterocycles. The maximum Gasteiger partial charge on any atom is 0.261 e. The van der Waals surface area contributed by atoms with Crippen LogP contribution < -0.4 is 9.46 Å². The number of hydrogen-bond donors (Lipinski definition) is 2. The summed E-state index contributed by atoms with van der Waals surface area (Å²) in [5, 5.41) is 1.15. The number of rotatable bonds is 6. The number of amides is 1. The van der Waals surface area contributed by atoms with Crippen molar-refractivity contribution in [1.29, 1.82) is 0 Å². The van der Waals surface area contributed by atoms with Gasteiger partial charge in [-0.15, -0.1) is 0 Å². The molecule has 4 aromatic rings. The fourth-order valence-electron chi connectivity index (χ4n) is 4.30. The third-order valence-electron chi connectivity index (χ3n) is 6.00. The van der Waals surface area contributed by atoms with Gasteiger partial charge < -0.3 is 14.6 Å². The topological polar surface area (TPSA) is 91.5 Å². The Hall–Kier alpha value is -3.78. The second-order valence-corrected chi connectivity index (χ2v) is 9.87. The molecule has 0 bridgehead atoms. The van der Waals surface area contributed by atoms with E-state index >= 15 is 0 Å². The van der Waals surface area contributed by atoms with Crippen LogP contribution in [0.4, 0.5) is 5.69 Å². The first-order valence-electron chi connectivity index (χ1n) is 11.2. The average molecular weight is 476 g/mol. The van der Waals surface area contributed by atoms with E-state index in [9.17, 15) is 13.2 Å². The van der Waals surface area contributed by atoms with Crippen LogP contribution in [0.25, 0.3) is 10.9 Å². The quantitative estimate of drug-likeness (QED) is 0.428. The summed E-state index contributed by atoms with van der Waals surface area (Å²) in [6.45, 7) is 3.55. The summed E-state index contributed by atoms with van der Waals surface area (Å²) in [6, 6.07) is 20.9. The first-order chi connectivity index (χ1) is 16.4. The van der Waals surface area contributed by atoms with E-state index in [1.165, 1.54) is 17.8 Å². The number of nitrogens with zero attached hydrogens (tertiary/aromatic N) is 1. The van der Waals surface area contributed by atoms with Crippen LogP contribution in [0.1, 0.15) is 28.5 Å². The normalized spacial score (nSPS) is 13.5. The summed E-state index contributed by atoms with van der Waals surface area (Å²) in [4.78, 5) is 18.6. The largest absolute Gasteiger partial charge is 0.494 e. The zero-order valence-electron chi connectivity index (χ0n) is 18.7. The van der Waals surface area contributed by atoms with Gasteiger partial charge in [-0.1, -0.05) is 18.2 Å². The lowest BCUT2D eigenvalue weighted by Crippen LogP contribution is -2.35. The van der Waals surface area contributed by atoms with Crippen LogP contribution in [0, 0.1) is 0 Å². The van der Waals surface area contributed by atoms with Crippen LogP contribution in [0.3, 0.4) is 0 Å². The van der Waals surface area contributed by atoms with Crippen molar-refractivity contribution in [1.82, 2.24) is 9.88 Å². The molecule has 1 amide bonds. The summed E-state index contributed by atoms with van der Waals surface area (Å²) < 4.78 is 33.3. The van der Waals surface area contributed by atoms with Crippen LogP contribution in [0.2, 0.25) is 0 Å². The van der Waals surface area contributed by atoms with Crippen LogP contribution in [0.15, 0.2) is 77.7 Å². The molecule has 8 heteroatoms. The second-order valence-electron chi connectivity index (χ2n) is 8.19. The molecule has 0 saturated carbocycles. The van der Waals surface area contributed by atoms with Gasteiger partial charge in [0.05, 0.1) is 11.5 Å². The minimum absolute atomic E-state index is 0.0724. The Labute approximate surface area is 198 Å². The molecular formula is C26H25N3O4S. The number of aromatic amines is 1. The number of fused-ring (bicyclic) bond motifs is 3. The Balaban J connectivity index is 1.29. The van der Waals surface area contributed by atoms with E-state index in [1.54, 1.807) is 36.4 Å². The highest BCUT2D eigenvalue weighted by atomic mass is 32.2. The summed E-state index contributed by atoms with van der Waals surface area (Å²) >= 11 is 0. The molecular weight excluding hydrogens is 450 g/mol. The molecule has 0 spiro atoms. The van der Waals surface area contributed by atoms with E-state index in [-0.39, 0.29) is 10.8 Å². The highest BCUT2D eigenvalue weighted by molar-refractivity contribution is 7.92. The lowest BCUT2D eigenvalue weighted by molar-refractivity contribution is 0.0735. The lowest BCUT2D eigenvalue weighted by Gasteiger charge is -2.27. The van der Waals surface area contributed by atoms with Crippen LogP contribution in [0.5, 0.6) is 5.75 Å². The van der Waals surface area contributed by atoms with Crippen LogP contribution in [-0.2, 0) is 23.0 Å². The Morgan fingerprint density at radius 3 is 2.50 bits per heavy atom. The van der Waals surface area contributed by atoms with Crippen LogP contribution in [-0.4, -0.2) is 37.4 Å². The molecule has 1 aliphatic rings. The number of ether oxygens (including phenoxy) is 1. The maximum atomic E-state index is 13.1. The number of aromatic nitrogens is 1. The van der Waals surface area contributed by atoms with Gasteiger partial charge in [0, 0.05) is 52.9 Å². The van der Waals surface area contributed by atoms with E-state index in [0.29, 0.717) is 36.7 Å². The van der Waals surface area contributed by atoms with E-state index in [0.717, 1.165) is 22.9 Å². The SMILES string of the molecule is CCOc1ccc(S(=O)(=O)Nc2ccc(C(=O)N3CCc4[nH]c5ccccc5c4C3)cc2)cc1. The number of sulfonamides is 1. The Bertz CT molecular complexity index is 1440. The molecule has 5 rings (SSSR count). The minimum Gasteiger partial charge on any atom is -0.494 e. The molecule has 0 aliphatic carbocycles. The second kappa shape index (κ2) is 8.87. The molecule has 0 radical (unpaired) electrons. The van der Waals surface area contributed by atoms with E-state index in [2.05, 4.69) is 15.8 Å². The molecule has 3 aromatic carbocycles. The molecule has 34 heavy (non-hydrogen) atoms. The number of carbonyl (C=O) groups excluding carboxylic acids is 1. The molecule has 0 fully saturated rings. The number of hydrogen-bond acceptors (Lipinski definition) is 4. The number of benzene rings is 3. The van der Waals surface area contributed by atoms with Crippen molar-refractivity contribution in [3.63, 3.8) is 0 Å². The maximum absolute atomic E-state index is 13.1. The standard InChI is InChI=1S/C26H25N3O4S/c1-2-33-20-11-13-21(14-12-20)34(31,32)28-19-9-7-18(8-10-19)26(30)29-16-15-25-23(17-29)22-5-3-4-6-24(22)27-25/h3-14,27-28H,2,15-17H2,1H3. The summed E-state index contributed by atoms with van der Waals surface area (Å²) in [6.07, 6.45) is 0.774. The van der Waals surface area contributed by atoms with E-state index < -0.39 is 10.0 Å². The molecule has 0 atom stereocenters. The van der Waals surface area contributed by atoms with Gasteiger partial charge in [-0.05, 0) is 61.5 Å². The van der Waals surface area contributed by atoms with Gasteiger partial charge in [0.15, 0.2) is 0 Å². The van der Waals surface area contributed by atoms with Crippen molar-refractivity contribution in [2.45, 2.75) is 24.8 Å². The Kier molecular flexibility index (Phi) is 5.75. The number of para-hydroxylation sites is 1. The molecule has 1 aliphatic heterocycles. The summed E-state index contributed by atoms with van der Waals surface area (Å²) in [5.41, 5.74) is 4.35. The van der Waals surface area contributed by atoms with E-state index in [1.807, 2.05) is 30.0 Å². The van der Waals surface area contributed by atoms with Gasteiger partial charge in [0.25, 0.3) is 15.9 Å². The number of anilines is 1. The smallest absolute Gasteiger partial charge is 0.261 e. The van der Waals surface area contributed by atoms with Gasteiger partial charge in [0.1, 0.15) is 5.75 Å². The number of nitrogens with one attached hydrogen (secondary N) is 2. The molecule has 0 saturated heterocycles. The van der Waals surface area contributed by atoms with Crippen molar-refractivity contribution >= 4 is 32.5 Å². The summed E-state index contributed by atoms with van der Waals surface area (Å²) in [5.74, 6) is 0.540. The number of H-pyrrole nitrogens is 1. The fraction of sp³-hybridized carbons (Fsp3) is 0.192. The van der Waals surface area contributed by atoms with Crippen molar-refractivity contribution in [2.24, 2.45) is 0 Å². The molecule has 2 heterocycles. The molecule has 7 nitrogen and oxygen atoms in total. The first-order valence-corrected chi connectivity index (χ1v) is 12.7. The molecule has 174 valence electrons. The Morgan fingerprint density at radius 2 is 1.76 bits per heavy atom. The van der Waals surface area contributed by atoms with Gasteiger partial charge >= 0.3 is 0 Å². The molecule has 2 N–H and O–H groups in total. The van der Waals surface area contributed by atoms with E-state index in [4.69, 9.17) is 4.74 Å². The highest BCUT2D eigenvalue weighted by Crippen LogP contribution is 2.28. The van der Waals surface area contributed by atoms with Gasteiger partial charge in [-0.25, -0.2) is 8.42 Å². The third-order valence-corrected chi connectivity index (χ3v) is 7.40. The van der Waals surface area contributed by atoms with Crippen molar-refractivity contribution < 1.29 is 17.9 Å². The van der Waals surface area contributed by atoms with Crippen molar-refractivity contribution in [2.75, 3.05) is 17.9 Å². The van der Waals surface area contributed by atoms with Gasteiger partial charge in [-0.3, -0.25) is 9.52 Å². The zero-order valence-corrected chi connectivity index (χ0v) is 19.6. The average Bonchev–Trinajstić information content (AvgIpc) is 3.22. The van der Waals surface area contributed by atoms with Crippen molar-refractivity contribution in [3.8, 4) is 5.75 Å². The summed E-state index contributed by atoms with van der Waals surface area (Å²) in [7, 11) is -3.75. The monoisotopic (exact) mass is 475 g/mol. The predicted octanol–water partition coefficient (Wildman–Crippen LogP) is 4.57. The minimum atomic E-state index is -3.75. The predicted molar refractivity (Wildman–Crippen MR) is 132 cm³/mol. The van der Waals surface area contributed by atoms with Gasteiger partial charge in [-0.2, -0.15) is 0 Å². The Morgan fingerprint density at radius 1 is 1.03 bits per heavy atom. The highest BCUT2D eigenvalue weighted by Gasteiger charge is 2.25. The molecule has 0 unspecified atom stereocenters. The zero-order chi connectivity index (χ0) is 23.7. The first kappa shape index (κ1) is 22.0.